The molecule has 1 rings (SSSR count). The summed E-state index contributed by atoms with van der Waals surface area (Å²) in [5.74, 6) is 0.0779. The Bertz CT molecular complexity index is 339. The van der Waals surface area contributed by atoms with Crippen LogP contribution in [0.1, 0.15) is 32.6 Å². The first-order chi connectivity index (χ1) is 7.43. The second kappa shape index (κ2) is 5.29. The summed E-state index contributed by atoms with van der Waals surface area (Å²) in [5, 5.41) is 9.32. The minimum Gasteiger partial charge on any atom is -0.396 e. The number of hydrogen-bond acceptors (Lipinski definition) is 3. The number of nitrogens with one attached hydrogen (secondary N) is 1. The molecule has 2 unspecified atom stereocenters. The van der Waals surface area contributed by atoms with Crippen LogP contribution in [-0.4, -0.2) is 31.9 Å². The summed E-state index contributed by atoms with van der Waals surface area (Å²) in [6.45, 7) is 5.47. The van der Waals surface area contributed by atoms with E-state index in [2.05, 4.69) is 11.3 Å². The molecular formula is C11H21NO3S. The third-order valence-corrected chi connectivity index (χ3v) is 4.77. The lowest BCUT2D eigenvalue weighted by atomic mass is 9.86. The second-order valence-electron chi connectivity index (χ2n) is 4.77. The Morgan fingerprint density at radius 3 is 2.88 bits per heavy atom. The van der Waals surface area contributed by atoms with Crippen LogP contribution in [0.4, 0.5) is 0 Å². The van der Waals surface area contributed by atoms with E-state index < -0.39 is 10.0 Å². The molecule has 0 aromatic heterocycles. The number of aliphatic hydroxyl groups excluding tert-OH is 1. The Labute approximate surface area is 97.8 Å². The lowest BCUT2D eigenvalue weighted by Gasteiger charge is -2.29. The topological polar surface area (TPSA) is 66.4 Å². The normalized spacial score (nSPS) is 30.5. The zero-order valence-electron chi connectivity index (χ0n) is 9.78. The monoisotopic (exact) mass is 247 g/mol. The highest BCUT2D eigenvalue weighted by molar-refractivity contribution is 7.89. The van der Waals surface area contributed by atoms with Crippen molar-refractivity contribution in [1.29, 1.82) is 0 Å². The number of sulfonamides is 1. The summed E-state index contributed by atoms with van der Waals surface area (Å²) in [7, 11) is -3.24. The van der Waals surface area contributed by atoms with Crippen molar-refractivity contribution in [2.75, 3.05) is 12.4 Å². The number of aliphatic hydroxyl groups is 1. The van der Waals surface area contributed by atoms with Gasteiger partial charge in [0.05, 0.1) is 5.75 Å². The van der Waals surface area contributed by atoms with Gasteiger partial charge in [-0.3, -0.25) is 0 Å². The maximum absolute atomic E-state index is 11.7. The lowest BCUT2D eigenvalue weighted by Crippen LogP contribution is -2.45. The zero-order valence-corrected chi connectivity index (χ0v) is 10.6. The summed E-state index contributed by atoms with van der Waals surface area (Å²) in [5.41, 5.74) is -0.304. The van der Waals surface area contributed by atoms with Gasteiger partial charge in [-0.2, -0.15) is 0 Å². The van der Waals surface area contributed by atoms with Gasteiger partial charge in [-0.05, 0) is 19.3 Å². The molecule has 4 nitrogen and oxygen atoms in total. The van der Waals surface area contributed by atoms with Crippen LogP contribution in [0.5, 0.6) is 0 Å². The van der Waals surface area contributed by atoms with E-state index in [0.717, 1.165) is 19.3 Å². The largest absolute Gasteiger partial charge is 0.396 e. The van der Waals surface area contributed by atoms with E-state index >= 15 is 0 Å². The first kappa shape index (κ1) is 13.7. The quantitative estimate of drug-likeness (QED) is 0.689. The molecule has 0 radical (unpaired) electrons. The van der Waals surface area contributed by atoms with Gasteiger partial charge in [0.2, 0.25) is 10.0 Å². The molecule has 0 aromatic rings. The van der Waals surface area contributed by atoms with Gasteiger partial charge in [0.15, 0.2) is 0 Å². The Balaban J connectivity index is 2.63. The third kappa shape index (κ3) is 3.30. The minimum absolute atomic E-state index is 0.0294. The summed E-state index contributed by atoms with van der Waals surface area (Å²) in [6, 6.07) is -0.132. The SMILES string of the molecule is C=CCCS(=O)(=O)NC1CCCC1(C)CO. The van der Waals surface area contributed by atoms with E-state index in [1.54, 1.807) is 6.08 Å². The van der Waals surface area contributed by atoms with Crippen LogP contribution in [0.25, 0.3) is 0 Å². The van der Waals surface area contributed by atoms with Crippen molar-refractivity contribution >= 4 is 10.0 Å². The van der Waals surface area contributed by atoms with Gasteiger partial charge in [0.25, 0.3) is 0 Å². The molecule has 1 fully saturated rings. The highest BCUT2D eigenvalue weighted by Crippen LogP contribution is 2.37. The molecule has 0 aliphatic heterocycles. The Morgan fingerprint density at radius 1 is 1.62 bits per heavy atom. The van der Waals surface area contributed by atoms with Gasteiger partial charge in [-0.25, -0.2) is 13.1 Å². The molecule has 2 N–H and O–H groups in total. The fourth-order valence-electron chi connectivity index (χ4n) is 2.14. The van der Waals surface area contributed by atoms with E-state index in [0.29, 0.717) is 6.42 Å². The van der Waals surface area contributed by atoms with Crippen molar-refractivity contribution in [2.24, 2.45) is 5.41 Å². The third-order valence-electron chi connectivity index (χ3n) is 3.36. The van der Waals surface area contributed by atoms with E-state index in [1.165, 1.54) is 0 Å². The molecule has 1 aliphatic carbocycles. The smallest absolute Gasteiger partial charge is 0.212 e. The van der Waals surface area contributed by atoms with Crippen molar-refractivity contribution in [1.82, 2.24) is 4.72 Å². The molecule has 0 bridgehead atoms. The van der Waals surface area contributed by atoms with E-state index in [1.807, 2.05) is 6.92 Å². The van der Waals surface area contributed by atoms with Crippen molar-refractivity contribution in [2.45, 2.75) is 38.6 Å². The fourth-order valence-corrected chi connectivity index (χ4v) is 3.57. The summed E-state index contributed by atoms with van der Waals surface area (Å²) < 4.78 is 26.1. The molecule has 0 amide bonds. The lowest BCUT2D eigenvalue weighted by molar-refractivity contribution is 0.127. The van der Waals surface area contributed by atoms with Crippen LogP contribution >= 0.6 is 0 Å². The van der Waals surface area contributed by atoms with Crippen LogP contribution in [0.2, 0.25) is 0 Å². The minimum atomic E-state index is -3.24. The first-order valence-corrected chi connectivity index (χ1v) is 7.30. The summed E-state index contributed by atoms with van der Waals surface area (Å²) in [6.07, 6.45) is 4.70. The van der Waals surface area contributed by atoms with Crippen LogP contribution in [-0.2, 0) is 10.0 Å². The predicted molar refractivity (Wildman–Crippen MR) is 64.6 cm³/mol. The molecule has 94 valence electrons. The highest BCUT2D eigenvalue weighted by atomic mass is 32.2. The molecule has 1 saturated carbocycles. The van der Waals surface area contributed by atoms with Crippen molar-refractivity contribution in [3.63, 3.8) is 0 Å². The Kier molecular flexibility index (Phi) is 4.52. The number of rotatable bonds is 6. The van der Waals surface area contributed by atoms with Gasteiger partial charge in [0, 0.05) is 18.1 Å². The molecule has 16 heavy (non-hydrogen) atoms. The van der Waals surface area contributed by atoms with Crippen LogP contribution < -0.4 is 4.72 Å². The van der Waals surface area contributed by atoms with E-state index in [-0.39, 0.29) is 23.8 Å². The van der Waals surface area contributed by atoms with Gasteiger partial charge in [-0.1, -0.05) is 19.4 Å². The molecule has 1 aliphatic rings. The van der Waals surface area contributed by atoms with Gasteiger partial charge < -0.3 is 5.11 Å². The summed E-state index contributed by atoms with van der Waals surface area (Å²) in [4.78, 5) is 0. The standard InChI is InChI=1S/C11H21NO3S/c1-3-4-8-16(14,15)12-10-6-5-7-11(10,2)9-13/h3,10,12-13H,1,4-9H2,2H3. The van der Waals surface area contributed by atoms with Crippen molar-refractivity contribution in [3.05, 3.63) is 12.7 Å². The molecule has 2 atom stereocenters. The average Bonchev–Trinajstić information content (AvgIpc) is 2.58. The van der Waals surface area contributed by atoms with E-state index in [4.69, 9.17) is 0 Å². The number of hydrogen-bond donors (Lipinski definition) is 2. The maximum atomic E-state index is 11.7. The maximum Gasteiger partial charge on any atom is 0.212 e. The first-order valence-electron chi connectivity index (χ1n) is 5.65. The molecule has 0 spiro atoms. The predicted octanol–water partition coefficient (Wildman–Crippen LogP) is 1.03. The summed E-state index contributed by atoms with van der Waals surface area (Å²) >= 11 is 0. The Hall–Kier alpha value is -0.390. The average molecular weight is 247 g/mol. The van der Waals surface area contributed by atoms with Crippen LogP contribution in [0.3, 0.4) is 0 Å². The van der Waals surface area contributed by atoms with Gasteiger partial charge in [-0.15, -0.1) is 6.58 Å². The van der Waals surface area contributed by atoms with Crippen molar-refractivity contribution in [3.8, 4) is 0 Å². The molecular weight excluding hydrogens is 226 g/mol. The van der Waals surface area contributed by atoms with E-state index in [9.17, 15) is 13.5 Å². The zero-order chi connectivity index (χ0) is 12.2. The highest BCUT2D eigenvalue weighted by Gasteiger charge is 2.40. The van der Waals surface area contributed by atoms with Crippen LogP contribution in [0, 0.1) is 5.41 Å². The number of allylic oxidation sites excluding steroid dienone is 1. The van der Waals surface area contributed by atoms with Gasteiger partial charge in [0.1, 0.15) is 0 Å². The second-order valence-corrected chi connectivity index (χ2v) is 6.64. The molecule has 0 heterocycles. The fraction of sp³-hybridized carbons (Fsp3) is 0.818. The molecule has 0 aromatic carbocycles. The Morgan fingerprint density at radius 2 is 2.31 bits per heavy atom. The van der Waals surface area contributed by atoms with Crippen LogP contribution in [0.15, 0.2) is 12.7 Å². The van der Waals surface area contributed by atoms with Crippen molar-refractivity contribution < 1.29 is 13.5 Å². The molecule has 0 saturated heterocycles. The molecule has 5 heteroatoms. The van der Waals surface area contributed by atoms with Gasteiger partial charge >= 0.3 is 0 Å².